The number of hydrogen-bond donors (Lipinski definition) is 1. The van der Waals surface area contributed by atoms with Gasteiger partial charge in [-0.2, -0.15) is 5.10 Å². The summed E-state index contributed by atoms with van der Waals surface area (Å²) >= 11 is 3.29. The highest BCUT2D eigenvalue weighted by molar-refractivity contribution is 9.10. The minimum atomic E-state index is 0.241. The van der Waals surface area contributed by atoms with E-state index in [1.54, 1.807) is 23.0 Å². The maximum Gasteiger partial charge on any atom is 0.142 e. The molecule has 0 saturated heterocycles. The Morgan fingerprint density at radius 3 is 3.09 bits per heavy atom. The Hall–Kier alpha value is -1.03. The van der Waals surface area contributed by atoms with Crippen molar-refractivity contribution < 1.29 is 5.11 Å². The Morgan fingerprint density at radius 1 is 1.55 bits per heavy atom. The van der Waals surface area contributed by atoms with Crippen LogP contribution < -0.4 is 0 Å². The first-order chi connectivity index (χ1) is 5.27. The minimum absolute atomic E-state index is 0.241. The summed E-state index contributed by atoms with van der Waals surface area (Å²) < 4.78 is 2.52. The lowest BCUT2D eigenvalue weighted by Gasteiger charge is -1.93. The lowest BCUT2D eigenvalue weighted by Crippen LogP contribution is -1.86. The summed E-state index contributed by atoms with van der Waals surface area (Å²) in [6.07, 6.45) is 3.34. The zero-order chi connectivity index (χ0) is 7.84. The van der Waals surface area contributed by atoms with E-state index in [-0.39, 0.29) is 5.75 Å². The molecule has 0 spiro atoms. The third-order valence-electron chi connectivity index (χ3n) is 1.45. The number of aromatic hydroxyl groups is 1. The van der Waals surface area contributed by atoms with Crippen LogP contribution in [-0.4, -0.2) is 14.7 Å². The van der Waals surface area contributed by atoms with Gasteiger partial charge >= 0.3 is 0 Å². The highest BCUT2D eigenvalue weighted by Crippen LogP contribution is 2.21. The second kappa shape index (κ2) is 2.23. The van der Waals surface area contributed by atoms with Gasteiger partial charge in [-0.05, 0) is 22.0 Å². The fraction of sp³-hybridized carbons (Fsp3) is 0. The van der Waals surface area contributed by atoms with E-state index < -0.39 is 0 Å². The molecule has 0 aliphatic carbocycles. The highest BCUT2D eigenvalue weighted by atomic mass is 79.9. The van der Waals surface area contributed by atoms with Crippen molar-refractivity contribution in [3.05, 3.63) is 29.0 Å². The Balaban J connectivity index is 2.90. The molecule has 2 aromatic heterocycles. The van der Waals surface area contributed by atoms with E-state index in [9.17, 15) is 5.11 Å². The quantitative estimate of drug-likeness (QED) is 0.724. The number of nitrogens with zero attached hydrogens (tertiary/aromatic N) is 2. The first-order valence-corrected chi connectivity index (χ1v) is 3.88. The molecule has 11 heavy (non-hydrogen) atoms. The van der Waals surface area contributed by atoms with Gasteiger partial charge in [-0.15, -0.1) is 0 Å². The third-order valence-corrected chi connectivity index (χ3v) is 1.89. The average Bonchev–Trinajstić information content (AvgIpc) is 2.31. The van der Waals surface area contributed by atoms with Crippen molar-refractivity contribution >= 4 is 21.4 Å². The average molecular weight is 213 g/mol. The number of halogens is 1. The molecule has 4 heteroatoms. The van der Waals surface area contributed by atoms with Crippen LogP contribution in [0.5, 0.6) is 5.75 Å². The number of rotatable bonds is 0. The Labute approximate surface area is 71.4 Å². The van der Waals surface area contributed by atoms with E-state index in [4.69, 9.17) is 0 Å². The minimum Gasteiger partial charge on any atom is -0.506 e. The smallest absolute Gasteiger partial charge is 0.142 e. The topological polar surface area (TPSA) is 37.5 Å². The first kappa shape index (κ1) is 6.67. The summed E-state index contributed by atoms with van der Waals surface area (Å²) in [5.74, 6) is 0.241. The van der Waals surface area contributed by atoms with Gasteiger partial charge in [-0.25, -0.2) is 4.52 Å². The first-order valence-electron chi connectivity index (χ1n) is 3.09. The normalized spacial score (nSPS) is 10.6. The Kier molecular flexibility index (Phi) is 1.35. The molecular formula is C7H5BrN2O. The predicted octanol–water partition coefficient (Wildman–Crippen LogP) is 1.80. The lowest BCUT2D eigenvalue weighted by atomic mass is 10.4. The summed E-state index contributed by atoms with van der Waals surface area (Å²) in [6, 6.07) is 3.37. The van der Waals surface area contributed by atoms with Crippen LogP contribution in [0.25, 0.3) is 5.52 Å². The predicted molar refractivity (Wildman–Crippen MR) is 44.6 cm³/mol. The number of hydrogen-bond acceptors (Lipinski definition) is 2. The van der Waals surface area contributed by atoms with Crippen LogP contribution in [0.1, 0.15) is 0 Å². The molecule has 0 atom stereocenters. The molecule has 0 bridgehead atoms. The maximum atomic E-state index is 9.30. The van der Waals surface area contributed by atoms with Gasteiger partial charge in [0.25, 0.3) is 0 Å². The van der Waals surface area contributed by atoms with Crippen molar-refractivity contribution in [1.29, 1.82) is 0 Å². The second-order valence-corrected chi connectivity index (χ2v) is 3.12. The zero-order valence-corrected chi connectivity index (χ0v) is 7.12. The third kappa shape index (κ3) is 0.991. The molecule has 0 radical (unpaired) electrons. The second-order valence-electron chi connectivity index (χ2n) is 2.20. The van der Waals surface area contributed by atoms with Crippen molar-refractivity contribution in [3.63, 3.8) is 0 Å². The summed E-state index contributed by atoms with van der Waals surface area (Å²) in [5.41, 5.74) is 0.708. The van der Waals surface area contributed by atoms with Gasteiger partial charge in [0.2, 0.25) is 0 Å². The van der Waals surface area contributed by atoms with Crippen molar-refractivity contribution in [1.82, 2.24) is 9.61 Å². The standard InChI is InChI=1S/C7H5BrN2O/c8-5-3-6-7(11)1-2-9-10(6)4-5/h1-4,11H. The molecule has 0 aliphatic heterocycles. The van der Waals surface area contributed by atoms with E-state index in [1.807, 2.05) is 6.07 Å². The largest absolute Gasteiger partial charge is 0.506 e. The van der Waals surface area contributed by atoms with Crippen LogP contribution in [0, 0.1) is 0 Å². The maximum absolute atomic E-state index is 9.30. The fourth-order valence-corrected chi connectivity index (χ4v) is 1.38. The summed E-state index contributed by atoms with van der Waals surface area (Å²) in [6.45, 7) is 0. The summed E-state index contributed by atoms with van der Waals surface area (Å²) in [5, 5.41) is 13.3. The van der Waals surface area contributed by atoms with Crippen LogP contribution >= 0.6 is 15.9 Å². The molecule has 2 rings (SSSR count). The van der Waals surface area contributed by atoms with Crippen molar-refractivity contribution in [2.24, 2.45) is 0 Å². The molecule has 0 unspecified atom stereocenters. The molecule has 0 aromatic carbocycles. The summed E-state index contributed by atoms with van der Waals surface area (Å²) in [7, 11) is 0. The monoisotopic (exact) mass is 212 g/mol. The van der Waals surface area contributed by atoms with Gasteiger partial charge in [-0.3, -0.25) is 0 Å². The van der Waals surface area contributed by atoms with Gasteiger partial charge in [0, 0.05) is 16.7 Å². The molecule has 0 aliphatic rings. The molecule has 56 valence electrons. The van der Waals surface area contributed by atoms with Crippen LogP contribution in [0.4, 0.5) is 0 Å². The van der Waals surface area contributed by atoms with Gasteiger partial charge in [0.05, 0.1) is 6.20 Å². The Morgan fingerprint density at radius 2 is 2.36 bits per heavy atom. The fourth-order valence-electron chi connectivity index (χ4n) is 0.968. The van der Waals surface area contributed by atoms with Crippen molar-refractivity contribution in [2.75, 3.05) is 0 Å². The number of aromatic nitrogens is 2. The van der Waals surface area contributed by atoms with Crippen LogP contribution in [0.15, 0.2) is 29.0 Å². The molecular weight excluding hydrogens is 208 g/mol. The van der Waals surface area contributed by atoms with Gasteiger partial charge < -0.3 is 5.11 Å². The number of fused-ring (bicyclic) bond motifs is 1. The zero-order valence-electron chi connectivity index (χ0n) is 5.53. The van der Waals surface area contributed by atoms with E-state index in [1.165, 1.54) is 0 Å². The van der Waals surface area contributed by atoms with E-state index in [0.29, 0.717) is 5.52 Å². The molecule has 3 nitrogen and oxygen atoms in total. The molecule has 0 saturated carbocycles. The van der Waals surface area contributed by atoms with Crippen LogP contribution in [-0.2, 0) is 0 Å². The van der Waals surface area contributed by atoms with Crippen molar-refractivity contribution in [2.45, 2.75) is 0 Å². The van der Waals surface area contributed by atoms with Crippen molar-refractivity contribution in [3.8, 4) is 5.75 Å². The lowest BCUT2D eigenvalue weighted by molar-refractivity contribution is 0.477. The van der Waals surface area contributed by atoms with E-state index in [0.717, 1.165) is 4.47 Å². The van der Waals surface area contributed by atoms with E-state index >= 15 is 0 Å². The van der Waals surface area contributed by atoms with Gasteiger partial charge in [-0.1, -0.05) is 0 Å². The molecule has 2 aromatic rings. The van der Waals surface area contributed by atoms with Crippen LogP contribution in [0.3, 0.4) is 0 Å². The molecule has 0 fully saturated rings. The molecule has 0 amide bonds. The summed E-state index contributed by atoms with van der Waals surface area (Å²) in [4.78, 5) is 0. The van der Waals surface area contributed by atoms with E-state index in [2.05, 4.69) is 21.0 Å². The van der Waals surface area contributed by atoms with Gasteiger partial charge in [0.1, 0.15) is 11.3 Å². The SMILES string of the molecule is Oc1ccnn2cc(Br)cc12. The van der Waals surface area contributed by atoms with Crippen LogP contribution in [0.2, 0.25) is 0 Å². The molecule has 2 heterocycles. The highest BCUT2D eigenvalue weighted by Gasteiger charge is 2.00. The van der Waals surface area contributed by atoms with Gasteiger partial charge in [0.15, 0.2) is 0 Å². The molecule has 1 N–H and O–H groups in total. The Bertz CT molecular complexity index is 396.